The lowest BCUT2D eigenvalue weighted by Crippen LogP contribution is -2.30. The van der Waals surface area contributed by atoms with Gasteiger partial charge in [0.2, 0.25) is 0 Å². The van der Waals surface area contributed by atoms with Crippen LogP contribution in [0.4, 0.5) is 0 Å². The van der Waals surface area contributed by atoms with Gasteiger partial charge in [-0.3, -0.25) is 9.59 Å². The van der Waals surface area contributed by atoms with Crippen LogP contribution >= 0.6 is 0 Å². The number of ether oxygens (including phenoxy) is 1. The third-order valence-electron chi connectivity index (χ3n) is 3.20. The maximum atomic E-state index is 11.7. The van der Waals surface area contributed by atoms with Gasteiger partial charge in [0.15, 0.2) is 0 Å². The van der Waals surface area contributed by atoms with Crippen LogP contribution in [0.3, 0.4) is 0 Å². The van der Waals surface area contributed by atoms with Gasteiger partial charge in [0.05, 0.1) is 13.0 Å². The molecule has 0 heterocycles. The third-order valence-corrected chi connectivity index (χ3v) is 3.20. The smallest absolute Gasteiger partial charge is 0.306 e. The first-order chi connectivity index (χ1) is 7.19. The molecule has 0 aromatic rings. The predicted molar refractivity (Wildman–Crippen MR) is 57.4 cm³/mol. The van der Waals surface area contributed by atoms with Crippen LogP contribution in [0.5, 0.6) is 0 Å². The van der Waals surface area contributed by atoms with Gasteiger partial charge in [-0.25, -0.2) is 0 Å². The zero-order valence-electron chi connectivity index (χ0n) is 9.62. The number of carbonyl (C=O) groups excluding carboxylic acids is 2. The first kappa shape index (κ1) is 12.2. The molecule has 86 valence electrons. The van der Waals surface area contributed by atoms with Crippen molar-refractivity contribution in [3.8, 4) is 0 Å². The number of Topliss-reactive ketones (excluding diaryl/α,β-unsaturated/α-hetero) is 1. The molecule has 15 heavy (non-hydrogen) atoms. The molecule has 1 rings (SSSR count). The van der Waals surface area contributed by atoms with Crippen LogP contribution in [-0.2, 0) is 14.3 Å². The molecular formula is C12H20O3. The summed E-state index contributed by atoms with van der Waals surface area (Å²) in [6.45, 7) is 4.27. The van der Waals surface area contributed by atoms with Crippen molar-refractivity contribution in [2.45, 2.75) is 46.0 Å². The van der Waals surface area contributed by atoms with Crippen molar-refractivity contribution in [3.05, 3.63) is 0 Å². The van der Waals surface area contributed by atoms with E-state index in [4.69, 9.17) is 4.74 Å². The summed E-state index contributed by atoms with van der Waals surface area (Å²) in [5.41, 5.74) is 0. The molecule has 0 aromatic heterocycles. The molecule has 1 aliphatic rings. The normalized spacial score (nSPS) is 26.4. The number of hydrogen-bond acceptors (Lipinski definition) is 3. The number of hydrogen-bond donors (Lipinski definition) is 0. The van der Waals surface area contributed by atoms with Crippen molar-refractivity contribution in [3.63, 3.8) is 0 Å². The Labute approximate surface area is 91.2 Å². The largest absolute Gasteiger partial charge is 0.466 e. The van der Waals surface area contributed by atoms with Gasteiger partial charge in [-0.15, -0.1) is 0 Å². The highest BCUT2D eigenvalue weighted by Crippen LogP contribution is 2.32. The van der Waals surface area contributed by atoms with Crippen LogP contribution < -0.4 is 0 Å². The SMILES string of the molecule is CCOC(=O)C[C@H]1C(=O)CCC[C@@H]1CC. The van der Waals surface area contributed by atoms with E-state index in [-0.39, 0.29) is 24.1 Å². The molecule has 0 N–H and O–H groups in total. The molecule has 1 fully saturated rings. The van der Waals surface area contributed by atoms with Gasteiger partial charge >= 0.3 is 5.97 Å². The van der Waals surface area contributed by atoms with Crippen LogP contribution in [-0.4, -0.2) is 18.4 Å². The molecule has 1 aliphatic carbocycles. The molecule has 0 saturated heterocycles. The van der Waals surface area contributed by atoms with Crippen LogP contribution in [0.25, 0.3) is 0 Å². The third kappa shape index (κ3) is 3.33. The van der Waals surface area contributed by atoms with E-state index in [1.54, 1.807) is 6.92 Å². The highest BCUT2D eigenvalue weighted by molar-refractivity contribution is 5.86. The average molecular weight is 212 g/mol. The van der Waals surface area contributed by atoms with E-state index in [9.17, 15) is 9.59 Å². The van der Waals surface area contributed by atoms with Crippen LogP contribution in [0, 0.1) is 11.8 Å². The van der Waals surface area contributed by atoms with Gasteiger partial charge in [-0.05, 0) is 25.7 Å². The Kier molecular flexibility index (Phi) is 4.79. The second kappa shape index (κ2) is 5.89. The molecule has 0 radical (unpaired) electrons. The maximum absolute atomic E-state index is 11.7. The molecular weight excluding hydrogens is 192 g/mol. The van der Waals surface area contributed by atoms with E-state index >= 15 is 0 Å². The minimum atomic E-state index is -0.226. The summed E-state index contributed by atoms with van der Waals surface area (Å²) in [4.78, 5) is 23.0. The summed E-state index contributed by atoms with van der Waals surface area (Å²) in [5.74, 6) is 0.329. The summed E-state index contributed by atoms with van der Waals surface area (Å²) in [6, 6.07) is 0. The van der Waals surface area contributed by atoms with Crippen molar-refractivity contribution in [1.82, 2.24) is 0 Å². The fraction of sp³-hybridized carbons (Fsp3) is 0.833. The molecule has 0 unspecified atom stereocenters. The number of carbonyl (C=O) groups is 2. The monoisotopic (exact) mass is 212 g/mol. The van der Waals surface area contributed by atoms with E-state index in [2.05, 4.69) is 6.92 Å². The molecule has 0 aromatic carbocycles. The highest BCUT2D eigenvalue weighted by Gasteiger charge is 2.32. The standard InChI is InChI=1S/C12H20O3/c1-3-9-6-5-7-11(13)10(9)8-12(14)15-4-2/h9-10H,3-8H2,1-2H3/t9-,10+/m0/s1. The van der Waals surface area contributed by atoms with E-state index in [1.807, 2.05) is 0 Å². The fourth-order valence-corrected chi connectivity index (χ4v) is 2.36. The first-order valence-corrected chi connectivity index (χ1v) is 5.87. The van der Waals surface area contributed by atoms with Gasteiger partial charge in [0, 0.05) is 12.3 Å². The zero-order chi connectivity index (χ0) is 11.3. The molecule has 3 heteroatoms. The topological polar surface area (TPSA) is 43.4 Å². The van der Waals surface area contributed by atoms with E-state index in [0.717, 1.165) is 19.3 Å². The lowest BCUT2D eigenvalue weighted by molar-refractivity contribution is -0.147. The predicted octanol–water partition coefficient (Wildman–Crippen LogP) is 2.33. The summed E-state index contributed by atoms with van der Waals surface area (Å²) in [6.07, 6.45) is 3.96. The lowest BCUT2D eigenvalue weighted by atomic mass is 9.75. The average Bonchev–Trinajstić information content (AvgIpc) is 2.21. The minimum absolute atomic E-state index is 0.0807. The van der Waals surface area contributed by atoms with Gasteiger partial charge in [-0.2, -0.15) is 0 Å². The Morgan fingerprint density at radius 3 is 2.80 bits per heavy atom. The minimum Gasteiger partial charge on any atom is -0.466 e. The van der Waals surface area contributed by atoms with Crippen molar-refractivity contribution in [2.24, 2.45) is 11.8 Å². The van der Waals surface area contributed by atoms with E-state index in [0.29, 0.717) is 18.9 Å². The Balaban J connectivity index is 2.54. The maximum Gasteiger partial charge on any atom is 0.306 e. The fourth-order valence-electron chi connectivity index (χ4n) is 2.36. The highest BCUT2D eigenvalue weighted by atomic mass is 16.5. The van der Waals surface area contributed by atoms with Gasteiger partial charge in [0.25, 0.3) is 0 Å². The number of esters is 1. The quantitative estimate of drug-likeness (QED) is 0.672. The van der Waals surface area contributed by atoms with Crippen molar-refractivity contribution < 1.29 is 14.3 Å². The number of rotatable bonds is 4. The van der Waals surface area contributed by atoms with Crippen LogP contribution in [0.15, 0.2) is 0 Å². The summed E-state index contributed by atoms with van der Waals surface area (Å²) < 4.78 is 4.89. The van der Waals surface area contributed by atoms with Gasteiger partial charge in [0.1, 0.15) is 5.78 Å². The molecule has 0 bridgehead atoms. The van der Waals surface area contributed by atoms with Crippen molar-refractivity contribution in [2.75, 3.05) is 6.61 Å². The molecule has 0 amide bonds. The molecule has 2 atom stereocenters. The van der Waals surface area contributed by atoms with Gasteiger partial charge < -0.3 is 4.74 Å². The van der Waals surface area contributed by atoms with Crippen molar-refractivity contribution in [1.29, 1.82) is 0 Å². The van der Waals surface area contributed by atoms with Crippen LogP contribution in [0.1, 0.15) is 46.0 Å². The van der Waals surface area contributed by atoms with Crippen molar-refractivity contribution >= 4 is 11.8 Å². The Hall–Kier alpha value is -0.860. The van der Waals surface area contributed by atoms with E-state index in [1.165, 1.54) is 0 Å². The van der Waals surface area contributed by atoms with Gasteiger partial charge in [-0.1, -0.05) is 13.3 Å². The summed E-state index contributed by atoms with van der Waals surface area (Å²) in [7, 11) is 0. The molecule has 0 aliphatic heterocycles. The first-order valence-electron chi connectivity index (χ1n) is 5.87. The second-order valence-electron chi connectivity index (χ2n) is 4.14. The lowest BCUT2D eigenvalue weighted by Gasteiger charge is -2.28. The molecule has 3 nitrogen and oxygen atoms in total. The zero-order valence-corrected chi connectivity index (χ0v) is 9.62. The Morgan fingerprint density at radius 1 is 1.47 bits per heavy atom. The molecule has 1 saturated carbocycles. The van der Waals surface area contributed by atoms with Crippen LogP contribution in [0.2, 0.25) is 0 Å². The Morgan fingerprint density at radius 2 is 2.20 bits per heavy atom. The second-order valence-corrected chi connectivity index (χ2v) is 4.14. The number of ketones is 1. The summed E-state index contributed by atoms with van der Waals surface area (Å²) >= 11 is 0. The molecule has 0 spiro atoms. The van der Waals surface area contributed by atoms with E-state index < -0.39 is 0 Å². The summed E-state index contributed by atoms with van der Waals surface area (Å²) in [5, 5.41) is 0. The Bertz CT molecular complexity index is 235.